The van der Waals surface area contributed by atoms with Crippen LogP contribution in [0.3, 0.4) is 0 Å². The number of hydrogen-bond donors (Lipinski definition) is 0. The van der Waals surface area contributed by atoms with Crippen LogP contribution in [0.25, 0.3) is 10.8 Å². The summed E-state index contributed by atoms with van der Waals surface area (Å²) in [6.07, 6.45) is 6.83. The van der Waals surface area contributed by atoms with Gasteiger partial charge in [0.2, 0.25) is 0 Å². The number of fused-ring (bicyclic) bond motifs is 2. The monoisotopic (exact) mass is 516 g/mol. The van der Waals surface area contributed by atoms with Gasteiger partial charge in [0, 0.05) is 31.7 Å². The number of nitrogens with zero attached hydrogens (tertiary/aromatic N) is 2. The van der Waals surface area contributed by atoms with Gasteiger partial charge in [0.1, 0.15) is 5.75 Å². The second-order valence-corrected chi connectivity index (χ2v) is 10.7. The Morgan fingerprint density at radius 2 is 1.63 bits per heavy atom. The van der Waals surface area contributed by atoms with E-state index in [1.165, 1.54) is 42.0 Å². The third kappa shape index (κ3) is 5.91. The van der Waals surface area contributed by atoms with Gasteiger partial charge in [-0.2, -0.15) is 0 Å². The number of carbonyl (C=O) groups is 1. The van der Waals surface area contributed by atoms with E-state index in [9.17, 15) is 4.79 Å². The molecular weight excluding hydrogens is 476 g/mol. The predicted octanol–water partition coefficient (Wildman–Crippen LogP) is 5.60. The average molecular weight is 517 g/mol. The van der Waals surface area contributed by atoms with E-state index < -0.39 is 0 Å². The number of amides is 1. The van der Waals surface area contributed by atoms with Crippen molar-refractivity contribution in [3.63, 3.8) is 0 Å². The molecule has 38 heavy (non-hydrogen) atoms. The van der Waals surface area contributed by atoms with Crippen LogP contribution in [0.1, 0.15) is 47.2 Å². The lowest BCUT2D eigenvalue weighted by molar-refractivity contribution is 0.0680. The highest BCUT2D eigenvalue weighted by molar-refractivity contribution is 5.97. The molecule has 0 saturated carbocycles. The van der Waals surface area contributed by atoms with Gasteiger partial charge in [0.15, 0.2) is 11.5 Å². The zero-order chi connectivity index (χ0) is 26.5. The van der Waals surface area contributed by atoms with E-state index in [1.54, 1.807) is 21.3 Å². The summed E-state index contributed by atoms with van der Waals surface area (Å²) in [5.41, 5.74) is 3.18. The van der Waals surface area contributed by atoms with Crippen LogP contribution in [0.5, 0.6) is 17.2 Å². The molecule has 3 aromatic rings. The highest BCUT2D eigenvalue weighted by Crippen LogP contribution is 2.34. The lowest BCUT2D eigenvalue weighted by Gasteiger charge is -2.35. The predicted molar refractivity (Wildman–Crippen MR) is 152 cm³/mol. The minimum atomic E-state index is 0.119. The van der Waals surface area contributed by atoms with Crippen molar-refractivity contribution in [3.05, 3.63) is 65.2 Å². The number of benzene rings is 3. The van der Waals surface area contributed by atoms with Crippen molar-refractivity contribution in [2.45, 2.75) is 38.5 Å². The summed E-state index contributed by atoms with van der Waals surface area (Å²) < 4.78 is 16.3. The Kier molecular flexibility index (Phi) is 8.38. The molecule has 5 rings (SSSR count). The van der Waals surface area contributed by atoms with Crippen molar-refractivity contribution < 1.29 is 19.0 Å². The number of ether oxygens (including phenoxy) is 3. The van der Waals surface area contributed by atoms with Crippen LogP contribution in [-0.2, 0) is 12.8 Å². The van der Waals surface area contributed by atoms with E-state index in [0.717, 1.165) is 62.4 Å². The molecule has 1 atom stereocenters. The molecule has 0 N–H and O–H groups in total. The van der Waals surface area contributed by atoms with Crippen LogP contribution < -0.4 is 14.2 Å². The average Bonchev–Trinajstić information content (AvgIpc) is 2.94. The van der Waals surface area contributed by atoms with Gasteiger partial charge in [-0.25, -0.2) is 0 Å². The van der Waals surface area contributed by atoms with Gasteiger partial charge in [-0.3, -0.25) is 4.79 Å². The van der Waals surface area contributed by atoms with Gasteiger partial charge in [0.05, 0.1) is 21.3 Å². The molecule has 2 aliphatic rings. The fraction of sp³-hybridized carbons (Fsp3) is 0.469. The second-order valence-electron chi connectivity index (χ2n) is 10.7. The van der Waals surface area contributed by atoms with Crippen molar-refractivity contribution in [1.29, 1.82) is 0 Å². The SMILES string of the molecule is COc1ccc2cc(CCN3CCCCCC(CN4CCc5cc(OC)c(OC)cc5C4=O)C3)ccc2c1. The Balaban J connectivity index is 1.23. The second kappa shape index (κ2) is 12.1. The van der Waals surface area contributed by atoms with Crippen LogP contribution in [0.2, 0.25) is 0 Å². The molecule has 1 fully saturated rings. The molecule has 0 bridgehead atoms. The summed E-state index contributed by atoms with van der Waals surface area (Å²) in [6, 6.07) is 16.8. The van der Waals surface area contributed by atoms with Crippen LogP contribution in [0, 0.1) is 5.92 Å². The fourth-order valence-corrected chi connectivity index (χ4v) is 6.03. The molecule has 1 saturated heterocycles. The Labute approximate surface area is 226 Å². The van der Waals surface area contributed by atoms with Gasteiger partial charge < -0.3 is 24.0 Å². The van der Waals surface area contributed by atoms with Crippen molar-refractivity contribution >= 4 is 16.7 Å². The molecule has 2 aliphatic heterocycles. The maximum atomic E-state index is 13.5. The molecule has 0 radical (unpaired) electrons. The van der Waals surface area contributed by atoms with Crippen LogP contribution in [-0.4, -0.2) is 69.8 Å². The number of likely N-dealkylation sites (tertiary alicyclic amines) is 1. The Morgan fingerprint density at radius 1 is 0.842 bits per heavy atom. The van der Waals surface area contributed by atoms with Crippen molar-refractivity contribution in [1.82, 2.24) is 9.80 Å². The number of methoxy groups -OCH3 is 3. The van der Waals surface area contributed by atoms with E-state index in [1.807, 2.05) is 18.2 Å². The molecule has 3 aromatic carbocycles. The number of hydrogen-bond acceptors (Lipinski definition) is 5. The third-order valence-electron chi connectivity index (χ3n) is 8.19. The van der Waals surface area contributed by atoms with E-state index in [4.69, 9.17) is 14.2 Å². The largest absolute Gasteiger partial charge is 0.497 e. The van der Waals surface area contributed by atoms with Crippen molar-refractivity contribution in [2.24, 2.45) is 5.92 Å². The van der Waals surface area contributed by atoms with E-state index >= 15 is 0 Å². The maximum Gasteiger partial charge on any atom is 0.254 e. The number of rotatable bonds is 8. The zero-order valence-electron chi connectivity index (χ0n) is 23.0. The van der Waals surface area contributed by atoms with Gasteiger partial charge in [-0.05, 0) is 84.3 Å². The topological polar surface area (TPSA) is 51.2 Å². The molecule has 0 aliphatic carbocycles. The summed E-state index contributed by atoms with van der Waals surface area (Å²) in [7, 11) is 4.97. The van der Waals surface area contributed by atoms with Gasteiger partial charge in [-0.1, -0.05) is 37.1 Å². The summed E-state index contributed by atoms with van der Waals surface area (Å²) >= 11 is 0. The van der Waals surface area contributed by atoms with E-state index in [0.29, 0.717) is 17.4 Å². The van der Waals surface area contributed by atoms with Gasteiger partial charge in [0.25, 0.3) is 5.91 Å². The smallest absolute Gasteiger partial charge is 0.254 e. The summed E-state index contributed by atoms with van der Waals surface area (Å²) in [5, 5.41) is 2.47. The molecule has 1 unspecified atom stereocenters. The Hall–Kier alpha value is -3.25. The van der Waals surface area contributed by atoms with Crippen LogP contribution in [0.4, 0.5) is 0 Å². The number of carbonyl (C=O) groups excluding carboxylic acids is 1. The summed E-state index contributed by atoms with van der Waals surface area (Å²) in [6.45, 7) is 4.81. The van der Waals surface area contributed by atoms with E-state index in [-0.39, 0.29) is 5.91 Å². The van der Waals surface area contributed by atoms with Crippen molar-refractivity contribution in [2.75, 3.05) is 54.1 Å². The zero-order valence-corrected chi connectivity index (χ0v) is 23.0. The normalized spacial score (nSPS) is 18.6. The van der Waals surface area contributed by atoms with Crippen LogP contribution >= 0.6 is 0 Å². The minimum Gasteiger partial charge on any atom is -0.497 e. The van der Waals surface area contributed by atoms with Crippen LogP contribution in [0.15, 0.2) is 48.5 Å². The summed E-state index contributed by atoms with van der Waals surface area (Å²) in [4.78, 5) is 18.1. The lowest BCUT2D eigenvalue weighted by Crippen LogP contribution is -2.44. The Bertz CT molecular complexity index is 1270. The quantitative estimate of drug-likeness (QED) is 0.390. The molecule has 6 heteroatoms. The van der Waals surface area contributed by atoms with E-state index in [2.05, 4.69) is 40.1 Å². The molecule has 0 spiro atoms. The van der Waals surface area contributed by atoms with Gasteiger partial charge >= 0.3 is 0 Å². The first-order chi connectivity index (χ1) is 18.6. The van der Waals surface area contributed by atoms with Crippen molar-refractivity contribution in [3.8, 4) is 17.2 Å². The summed E-state index contributed by atoms with van der Waals surface area (Å²) in [5.74, 6) is 2.81. The first-order valence-electron chi connectivity index (χ1n) is 13.9. The standard InChI is InChI=1S/C32H40N2O4/c1-36-28-11-10-25-17-23(8-9-26(25)18-28)12-15-33-14-6-4-5-7-24(21-33)22-34-16-13-27-19-30(37-2)31(38-3)20-29(27)32(34)35/h8-11,17-20,24H,4-7,12-16,21-22H2,1-3H3. The Morgan fingerprint density at radius 3 is 2.45 bits per heavy atom. The minimum absolute atomic E-state index is 0.119. The first-order valence-corrected chi connectivity index (χ1v) is 13.9. The lowest BCUT2D eigenvalue weighted by atomic mass is 9.94. The third-order valence-corrected chi connectivity index (χ3v) is 8.19. The van der Waals surface area contributed by atoms with Gasteiger partial charge in [-0.15, -0.1) is 0 Å². The molecule has 1 amide bonds. The fourth-order valence-electron chi connectivity index (χ4n) is 6.03. The highest BCUT2D eigenvalue weighted by Gasteiger charge is 2.29. The first kappa shape index (κ1) is 26.4. The molecule has 6 nitrogen and oxygen atoms in total. The highest BCUT2D eigenvalue weighted by atomic mass is 16.5. The maximum absolute atomic E-state index is 13.5. The molecule has 202 valence electrons. The molecular formula is C32H40N2O4. The molecule has 2 heterocycles. The molecule has 0 aromatic heterocycles.